The summed E-state index contributed by atoms with van der Waals surface area (Å²) >= 11 is 0. The maximum absolute atomic E-state index is 11.7. The Hall–Kier alpha value is -0.610. The molecule has 0 bridgehead atoms. The van der Waals surface area contributed by atoms with Crippen LogP contribution in [0.15, 0.2) is 0 Å². The number of amides is 1. The van der Waals surface area contributed by atoms with Crippen LogP contribution in [0.1, 0.15) is 25.7 Å². The van der Waals surface area contributed by atoms with Crippen molar-refractivity contribution < 1.29 is 4.79 Å². The SMILES string of the molecule is O=C(CN1CC2CCCNC2C1)NC1CC1. The van der Waals surface area contributed by atoms with Crippen LogP contribution in [0.5, 0.6) is 0 Å². The van der Waals surface area contributed by atoms with Gasteiger partial charge in [0.1, 0.15) is 0 Å². The van der Waals surface area contributed by atoms with Crippen LogP contribution in [-0.2, 0) is 4.79 Å². The third kappa shape index (κ3) is 2.38. The molecule has 16 heavy (non-hydrogen) atoms. The van der Waals surface area contributed by atoms with E-state index in [2.05, 4.69) is 15.5 Å². The largest absolute Gasteiger partial charge is 0.352 e. The fourth-order valence-corrected chi connectivity index (χ4v) is 2.97. The number of hydrogen-bond donors (Lipinski definition) is 2. The summed E-state index contributed by atoms with van der Waals surface area (Å²) in [6, 6.07) is 1.14. The van der Waals surface area contributed by atoms with Crippen LogP contribution < -0.4 is 10.6 Å². The van der Waals surface area contributed by atoms with Gasteiger partial charge in [0, 0.05) is 25.2 Å². The van der Waals surface area contributed by atoms with Crippen LogP contribution in [-0.4, -0.2) is 49.1 Å². The lowest BCUT2D eigenvalue weighted by atomic mass is 9.94. The summed E-state index contributed by atoms with van der Waals surface area (Å²) in [5.74, 6) is 1.00. The number of fused-ring (bicyclic) bond motifs is 1. The van der Waals surface area contributed by atoms with Gasteiger partial charge in [-0.15, -0.1) is 0 Å². The predicted molar refractivity (Wildman–Crippen MR) is 62.1 cm³/mol. The first-order valence-electron chi connectivity index (χ1n) is 6.56. The Morgan fingerprint density at radius 2 is 2.19 bits per heavy atom. The molecule has 0 aromatic carbocycles. The van der Waals surface area contributed by atoms with Crippen LogP contribution in [0.3, 0.4) is 0 Å². The van der Waals surface area contributed by atoms with Crippen LogP contribution in [0, 0.1) is 5.92 Å². The van der Waals surface area contributed by atoms with Crippen LogP contribution in [0.4, 0.5) is 0 Å². The molecule has 2 N–H and O–H groups in total. The molecule has 0 radical (unpaired) electrons. The Morgan fingerprint density at radius 1 is 1.31 bits per heavy atom. The van der Waals surface area contributed by atoms with Crippen LogP contribution in [0.25, 0.3) is 0 Å². The smallest absolute Gasteiger partial charge is 0.234 e. The number of nitrogens with one attached hydrogen (secondary N) is 2. The molecule has 2 unspecified atom stereocenters. The minimum Gasteiger partial charge on any atom is -0.352 e. The molecule has 3 aliphatic rings. The zero-order valence-electron chi connectivity index (χ0n) is 9.74. The highest BCUT2D eigenvalue weighted by molar-refractivity contribution is 5.78. The van der Waals surface area contributed by atoms with E-state index in [1.165, 1.54) is 25.7 Å². The summed E-state index contributed by atoms with van der Waals surface area (Å²) in [5, 5.41) is 6.63. The lowest BCUT2D eigenvalue weighted by molar-refractivity contribution is -0.122. The van der Waals surface area contributed by atoms with Gasteiger partial charge in [0.05, 0.1) is 6.54 Å². The Balaban J connectivity index is 1.46. The standard InChI is InChI=1S/C12H21N3O/c16-12(14-10-3-4-10)8-15-6-9-2-1-5-13-11(9)7-15/h9-11,13H,1-8H2,(H,14,16). The zero-order chi connectivity index (χ0) is 11.0. The molecule has 1 aliphatic carbocycles. The minimum atomic E-state index is 0.223. The van der Waals surface area contributed by atoms with Gasteiger partial charge < -0.3 is 10.6 Å². The second kappa shape index (κ2) is 4.34. The van der Waals surface area contributed by atoms with Crippen molar-refractivity contribution in [3.05, 3.63) is 0 Å². The molecular weight excluding hydrogens is 202 g/mol. The van der Waals surface area contributed by atoms with E-state index >= 15 is 0 Å². The zero-order valence-corrected chi connectivity index (χ0v) is 9.74. The predicted octanol–water partition coefficient (Wildman–Crippen LogP) is -0.0512. The summed E-state index contributed by atoms with van der Waals surface area (Å²) in [5.41, 5.74) is 0. The van der Waals surface area contributed by atoms with Crippen molar-refractivity contribution in [3.63, 3.8) is 0 Å². The van der Waals surface area contributed by atoms with Crippen molar-refractivity contribution in [1.82, 2.24) is 15.5 Å². The third-order valence-corrected chi connectivity index (χ3v) is 3.98. The van der Waals surface area contributed by atoms with Crippen molar-refractivity contribution in [2.24, 2.45) is 5.92 Å². The molecule has 2 saturated heterocycles. The quantitative estimate of drug-likeness (QED) is 0.705. The van der Waals surface area contributed by atoms with E-state index in [0.29, 0.717) is 18.6 Å². The number of carbonyl (C=O) groups is 1. The first-order chi connectivity index (χ1) is 7.81. The van der Waals surface area contributed by atoms with E-state index in [4.69, 9.17) is 0 Å². The van der Waals surface area contributed by atoms with E-state index in [-0.39, 0.29) is 5.91 Å². The molecule has 4 nitrogen and oxygen atoms in total. The summed E-state index contributed by atoms with van der Waals surface area (Å²) in [6.45, 7) is 3.92. The van der Waals surface area contributed by atoms with Gasteiger partial charge in [-0.1, -0.05) is 0 Å². The van der Waals surface area contributed by atoms with Crippen molar-refractivity contribution in [3.8, 4) is 0 Å². The van der Waals surface area contributed by atoms with Gasteiger partial charge in [0.25, 0.3) is 0 Å². The Bertz CT molecular complexity index is 263. The van der Waals surface area contributed by atoms with Crippen LogP contribution in [0.2, 0.25) is 0 Å². The summed E-state index contributed by atoms with van der Waals surface area (Å²) < 4.78 is 0. The van der Waals surface area contributed by atoms with Gasteiger partial charge in [-0.25, -0.2) is 0 Å². The van der Waals surface area contributed by atoms with Gasteiger partial charge in [0.15, 0.2) is 0 Å². The number of likely N-dealkylation sites (tertiary alicyclic amines) is 1. The molecule has 1 saturated carbocycles. The van der Waals surface area contributed by atoms with Gasteiger partial charge in [-0.3, -0.25) is 9.69 Å². The van der Waals surface area contributed by atoms with Gasteiger partial charge >= 0.3 is 0 Å². The third-order valence-electron chi connectivity index (χ3n) is 3.98. The number of nitrogens with zero attached hydrogens (tertiary/aromatic N) is 1. The van der Waals surface area contributed by atoms with Gasteiger partial charge in [0.2, 0.25) is 5.91 Å². The van der Waals surface area contributed by atoms with Crippen molar-refractivity contribution in [1.29, 1.82) is 0 Å². The number of rotatable bonds is 3. The average molecular weight is 223 g/mol. The molecule has 3 fully saturated rings. The lowest BCUT2D eigenvalue weighted by Gasteiger charge is -2.24. The fraction of sp³-hybridized carbons (Fsp3) is 0.917. The molecule has 2 aliphatic heterocycles. The molecule has 4 heteroatoms. The highest BCUT2D eigenvalue weighted by Gasteiger charge is 2.35. The van der Waals surface area contributed by atoms with Crippen molar-refractivity contribution in [2.45, 2.75) is 37.8 Å². The summed E-state index contributed by atoms with van der Waals surface area (Å²) in [6.07, 6.45) is 4.98. The Morgan fingerprint density at radius 3 is 2.94 bits per heavy atom. The highest BCUT2D eigenvalue weighted by Crippen LogP contribution is 2.24. The van der Waals surface area contributed by atoms with Crippen molar-refractivity contribution >= 4 is 5.91 Å². The van der Waals surface area contributed by atoms with E-state index < -0.39 is 0 Å². The molecule has 2 heterocycles. The lowest BCUT2D eigenvalue weighted by Crippen LogP contribution is -2.41. The summed E-state index contributed by atoms with van der Waals surface area (Å²) in [7, 11) is 0. The summed E-state index contributed by atoms with van der Waals surface area (Å²) in [4.78, 5) is 14.0. The molecule has 1 amide bonds. The minimum absolute atomic E-state index is 0.223. The van der Waals surface area contributed by atoms with E-state index in [0.717, 1.165) is 25.6 Å². The first-order valence-corrected chi connectivity index (χ1v) is 6.56. The average Bonchev–Trinajstić information content (AvgIpc) is 2.97. The molecular formula is C12H21N3O. The maximum Gasteiger partial charge on any atom is 0.234 e. The molecule has 0 spiro atoms. The van der Waals surface area contributed by atoms with Crippen molar-refractivity contribution in [2.75, 3.05) is 26.2 Å². The molecule has 90 valence electrons. The monoisotopic (exact) mass is 223 g/mol. The van der Waals surface area contributed by atoms with Crippen LogP contribution >= 0.6 is 0 Å². The second-order valence-corrected chi connectivity index (χ2v) is 5.50. The highest BCUT2D eigenvalue weighted by atomic mass is 16.2. The normalized spacial score (nSPS) is 34.8. The molecule has 2 atom stereocenters. The first kappa shape index (κ1) is 10.5. The number of piperidine rings is 1. The second-order valence-electron chi connectivity index (χ2n) is 5.50. The molecule has 3 rings (SSSR count). The molecule has 0 aromatic heterocycles. The fourth-order valence-electron chi connectivity index (χ4n) is 2.97. The van der Waals surface area contributed by atoms with Gasteiger partial charge in [-0.2, -0.15) is 0 Å². The Labute approximate surface area is 96.8 Å². The topological polar surface area (TPSA) is 44.4 Å². The van der Waals surface area contributed by atoms with E-state index in [1.54, 1.807) is 0 Å². The number of hydrogen-bond acceptors (Lipinski definition) is 3. The van der Waals surface area contributed by atoms with E-state index in [1.807, 2.05) is 0 Å². The maximum atomic E-state index is 11.7. The van der Waals surface area contributed by atoms with E-state index in [9.17, 15) is 4.79 Å². The molecule has 0 aromatic rings. The number of carbonyl (C=O) groups excluding carboxylic acids is 1. The van der Waals surface area contributed by atoms with Gasteiger partial charge in [-0.05, 0) is 38.1 Å². The Kier molecular flexibility index (Phi) is 2.86.